The highest BCUT2D eigenvalue weighted by Crippen LogP contribution is 2.31. The molecular formula is C11H18N4O. The summed E-state index contributed by atoms with van der Waals surface area (Å²) in [4.78, 5) is 11.9. The van der Waals surface area contributed by atoms with Gasteiger partial charge in [0.05, 0.1) is 5.69 Å². The molecule has 1 aromatic rings. The Morgan fingerprint density at radius 3 is 2.75 bits per heavy atom. The van der Waals surface area contributed by atoms with Crippen molar-refractivity contribution in [2.24, 2.45) is 13.0 Å². The maximum Gasteiger partial charge on any atom is 0.247 e. The highest BCUT2D eigenvalue weighted by Gasteiger charge is 2.31. The highest BCUT2D eigenvalue weighted by atomic mass is 16.2. The Bertz CT molecular complexity index is 422. The summed E-state index contributed by atoms with van der Waals surface area (Å²) in [6.45, 7) is 6.09. The lowest BCUT2D eigenvalue weighted by Crippen LogP contribution is -2.42. The monoisotopic (exact) mass is 222 g/mol. The molecule has 0 bridgehead atoms. The van der Waals surface area contributed by atoms with Gasteiger partial charge in [-0.1, -0.05) is 20.8 Å². The van der Waals surface area contributed by atoms with E-state index in [0.717, 1.165) is 23.6 Å². The van der Waals surface area contributed by atoms with Crippen molar-refractivity contribution in [1.82, 2.24) is 9.78 Å². The normalized spacial score (nSPS) is 19.3. The zero-order valence-electron chi connectivity index (χ0n) is 10.2. The van der Waals surface area contributed by atoms with Crippen molar-refractivity contribution in [2.45, 2.75) is 33.2 Å². The third-order valence-electron chi connectivity index (χ3n) is 2.94. The van der Waals surface area contributed by atoms with Gasteiger partial charge in [-0.2, -0.15) is 5.10 Å². The van der Waals surface area contributed by atoms with Crippen molar-refractivity contribution in [3.63, 3.8) is 0 Å². The molecule has 1 aromatic heterocycles. The topological polar surface area (TPSA) is 59.0 Å². The molecule has 1 aliphatic heterocycles. The molecule has 5 heteroatoms. The van der Waals surface area contributed by atoms with Crippen LogP contribution in [-0.4, -0.2) is 21.7 Å². The fourth-order valence-corrected chi connectivity index (χ4v) is 2.01. The van der Waals surface area contributed by atoms with E-state index < -0.39 is 0 Å². The van der Waals surface area contributed by atoms with Gasteiger partial charge in [0.1, 0.15) is 17.5 Å². The van der Waals surface area contributed by atoms with Crippen LogP contribution in [0.1, 0.15) is 26.5 Å². The molecule has 1 amide bonds. The van der Waals surface area contributed by atoms with E-state index in [2.05, 4.69) is 15.7 Å². The summed E-state index contributed by atoms with van der Waals surface area (Å²) < 4.78 is 1.79. The quantitative estimate of drug-likeness (QED) is 0.794. The van der Waals surface area contributed by atoms with Crippen LogP contribution in [0, 0.1) is 5.92 Å². The van der Waals surface area contributed by atoms with Gasteiger partial charge >= 0.3 is 0 Å². The molecule has 0 aliphatic carbocycles. The molecule has 0 aromatic carbocycles. The fraction of sp³-hybridized carbons (Fsp3) is 0.636. The first-order valence-corrected chi connectivity index (χ1v) is 5.67. The molecular weight excluding hydrogens is 204 g/mol. The van der Waals surface area contributed by atoms with Crippen molar-refractivity contribution in [3.8, 4) is 0 Å². The molecule has 2 N–H and O–H groups in total. The molecule has 88 valence electrons. The molecule has 5 nitrogen and oxygen atoms in total. The van der Waals surface area contributed by atoms with Gasteiger partial charge < -0.3 is 10.6 Å². The summed E-state index contributed by atoms with van der Waals surface area (Å²) in [5, 5.41) is 10.6. The average Bonchev–Trinajstić information content (AvgIpc) is 2.53. The van der Waals surface area contributed by atoms with Crippen LogP contribution in [0.15, 0.2) is 0 Å². The van der Waals surface area contributed by atoms with Crippen molar-refractivity contribution in [3.05, 3.63) is 5.69 Å². The van der Waals surface area contributed by atoms with Crippen molar-refractivity contribution in [1.29, 1.82) is 0 Å². The van der Waals surface area contributed by atoms with Gasteiger partial charge in [-0.05, 0) is 12.3 Å². The zero-order chi connectivity index (χ0) is 11.9. The van der Waals surface area contributed by atoms with Gasteiger partial charge in [-0.15, -0.1) is 0 Å². The molecule has 2 heterocycles. The minimum Gasteiger partial charge on any atom is -0.357 e. The molecule has 0 radical (unpaired) electrons. The van der Waals surface area contributed by atoms with Crippen LogP contribution in [0.2, 0.25) is 0 Å². The van der Waals surface area contributed by atoms with Crippen LogP contribution >= 0.6 is 0 Å². The molecule has 0 spiro atoms. The minimum absolute atomic E-state index is 0.0326. The smallest absolute Gasteiger partial charge is 0.247 e. The van der Waals surface area contributed by atoms with E-state index in [0.29, 0.717) is 0 Å². The van der Waals surface area contributed by atoms with Crippen molar-refractivity contribution in [2.75, 3.05) is 10.6 Å². The van der Waals surface area contributed by atoms with E-state index in [-0.39, 0.29) is 17.9 Å². The number of rotatable bonds is 2. The number of anilines is 2. The first-order chi connectivity index (χ1) is 7.54. The second-order valence-electron chi connectivity index (χ2n) is 4.50. The number of nitrogens with zero attached hydrogens (tertiary/aromatic N) is 2. The van der Waals surface area contributed by atoms with E-state index in [9.17, 15) is 4.79 Å². The standard InChI is InChI=1S/C11H18N4O/c1-5-7-9-10(15(4)14-7)12-8(6(2)3)11(16)13-9/h6,8,12H,5H2,1-4H3,(H,13,16). The molecule has 1 aliphatic rings. The number of fused-ring (bicyclic) bond motifs is 1. The van der Waals surface area contributed by atoms with E-state index in [1.165, 1.54) is 0 Å². The minimum atomic E-state index is -0.174. The molecule has 1 unspecified atom stereocenters. The van der Waals surface area contributed by atoms with Crippen LogP contribution in [0.4, 0.5) is 11.5 Å². The van der Waals surface area contributed by atoms with Crippen molar-refractivity contribution < 1.29 is 4.79 Å². The Kier molecular flexibility index (Phi) is 2.61. The van der Waals surface area contributed by atoms with Gasteiger partial charge in [0.25, 0.3) is 0 Å². The molecule has 0 fully saturated rings. The number of aryl methyl sites for hydroxylation is 2. The largest absolute Gasteiger partial charge is 0.357 e. The van der Waals surface area contributed by atoms with E-state index in [1.807, 2.05) is 27.8 Å². The fourth-order valence-electron chi connectivity index (χ4n) is 2.01. The van der Waals surface area contributed by atoms with Crippen LogP contribution in [0.5, 0.6) is 0 Å². The Hall–Kier alpha value is -1.52. The Morgan fingerprint density at radius 2 is 2.19 bits per heavy atom. The van der Waals surface area contributed by atoms with Gasteiger partial charge in [0, 0.05) is 7.05 Å². The highest BCUT2D eigenvalue weighted by molar-refractivity contribution is 6.03. The van der Waals surface area contributed by atoms with E-state index in [4.69, 9.17) is 0 Å². The molecule has 0 saturated carbocycles. The zero-order valence-corrected chi connectivity index (χ0v) is 10.2. The number of aromatic nitrogens is 2. The molecule has 0 saturated heterocycles. The second kappa shape index (κ2) is 3.81. The maximum atomic E-state index is 11.9. The van der Waals surface area contributed by atoms with Gasteiger partial charge in [0.15, 0.2) is 0 Å². The first kappa shape index (κ1) is 11.0. The lowest BCUT2D eigenvalue weighted by molar-refractivity contribution is -0.117. The first-order valence-electron chi connectivity index (χ1n) is 5.67. The van der Waals surface area contributed by atoms with Crippen LogP contribution in [0.25, 0.3) is 0 Å². The number of nitrogens with one attached hydrogen (secondary N) is 2. The number of hydrogen-bond acceptors (Lipinski definition) is 3. The Morgan fingerprint density at radius 1 is 1.50 bits per heavy atom. The number of hydrogen-bond donors (Lipinski definition) is 2. The number of carbonyl (C=O) groups is 1. The third kappa shape index (κ3) is 1.56. The van der Waals surface area contributed by atoms with Gasteiger partial charge in [-0.3, -0.25) is 9.48 Å². The van der Waals surface area contributed by atoms with Gasteiger partial charge in [-0.25, -0.2) is 0 Å². The predicted molar refractivity (Wildman–Crippen MR) is 63.5 cm³/mol. The Balaban J connectivity index is 2.40. The summed E-state index contributed by atoms with van der Waals surface area (Å²) in [6, 6.07) is -0.174. The molecule has 16 heavy (non-hydrogen) atoms. The Labute approximate surface area is 95.2 Å². The number of amides is 1. The average molecular weight is 222 g/mol. The van der Waals surface area contributed by atoms with Crippen LogP contribution in [-0.2, 0) is 18.3 Å². The predicted octanol–water partition coefficient (Wildman–Crippen LogP) is 1.37. The lowest BCUT2D eigenvalue weighted by Gasteiger charge is -2.27. The van der Waals surface area contributed by atoms with Crippen LogP contribution in [0.3, 0.4) is 0 Å². The second-order valence-corrected chi connectivity index (χ2v) is 4.50. The maximum absolute atomic E-state index is 11.9. The van der Waals surface area contributed by atoms with Crippen molar-refractivity contribution >= 4 is 17.4 Å². The molecule has 2 rings (SSSR count). The van der Waals surface area contributed by atoms with Gasteiger partial charge in [0.2, 0.25) is 5.91 Å². The summed E-state index contributed by atoms with van der Waals surface area (Å²) in [7, 11) is 1.89. The number of carbonyl (C=O) groups excluding carboxylic acids is 1. The van der Waals surface area contributed by atoms with Crippen LogP contribution < -0.4 is 10.6 Å². The summed E-state index contributed by atoms with van der Waals surface area (Å²) in [5.74, 6) is 1.20. The summed E-state index contributed by atoms with van der Waals surface area (Å²) in [5.41, 5.74) is 1.77. The summed E-state index contributed by atoms with van der Waals surface area (Å²) in [6.07, 6.45) is 0.817. The third-order valence-corrected chi connectivity index (χ3v) is 2.94. The lowest BCUT2D eigenvalue weighted by atomic mass is 10.0. The SMILES string of the molecule is CCc1nn(C)c2c1NC(=O)C(C(C)C)N2. The molecule has 1 atom stereocenters. The summed E-state index contributed by atoms with van der Waals surface area (Å²) >= 11 is 0. The van der Waals surface area contributed by atoms with E-state index in [1.54, 1.807) is 4.68 Å². The van der Waals surface area contributed by atoms with E-state index >= 15 is 0 Å².